The fraction of sp³-hybridized carbons (Fsp3) is 0.0333. The molecule has 0 amide bonds. The van der Waals surface area contributed by atoms with Crippen LogP contribution in [-0.4, -0.2) is 0 Å². The van der Waals surface area contributed by atoms with Crippen molar-refractivity contribution in [3.63, 3.8) is 0 Å². The molecule has 2 aliphatic rings. The van der Waals surface area contributed by atoms with Crippen LogP contribution in [0.3, 0.4) is 0 Å². The largest absolute Gasteiger partial charge is 0.337 e. The van der Waals surface area contributed by atoms with E-state index in [9.17, 15) is 0 Å². The molecule has 0 bridgehead atoms. The zero-order valence-corrected chi connectivity index (χ0v) is 34.7. The van der Waals surface area contributed by atoms with Gasteiger partial charge in [0.1, 0.15) is 0 Å². The number of benzene rings is 10. The van der Waals surface area contributed by atoms with Crippen molar-refractivity contribution in [3.05, 3.63) is 252 Å². The van der Waals surface area contributed by atoms with E-state index in [1.807, 2.05) is 11.3 Å². The first kappa shape index (κ1) is 35.3. The van der Waals surface area contributed by atoms with Crippen molar-refractivity contribution < 1.29 is 0 Å². The van der Waals surface area contributed by atoms with Gasteiger partial charge in [0, 0.05) is 38.1 Å². The number of hydrogen-bond acceptors (Lipinski definition) is 2. The van der Waals surface area contributed by atoms with Crippen LogP contribution in [-0.2, 0) is 12.0 Å². The molecule has 0 saturated heterocycles. The topological polar surface area (TPSA) is 3.24 Å². The average molecular weight is 806 g/mol. The molecule has 1 spiro atoms. The lowest BCUT2D eigenvalue weighted by atomic mass is 9.70. The van der Waals surface area contributed by atoms with Crippen LogP contribution in [0.25, 0.3) is 75.5 Å². The lowest BCUT2D eigenvalue weighted by Crippen LogP contribution is -2.26. The first-order valence-electron chi connectivity index (χ1n) is 21.5. The molecule has 2 heteroatoms. The van der Waals surface area contributed by atoms with Crippen LogP contribution >= 0.6 is 11.3 Å². The van der Waals surface area contributed by atoms with Gasteiger partial charge < -0.3 is 4.90 Å². The van der Waals surface area contributed by atoms with Gasteiger partial charge in [-0.15, -0.1) is 11.3 Å². The van der Waals surface area contributed by atoms with E-state index >= 15 is 0 Å². The molecule has 0 saturated carbocycles. The lowest BCUT2D eigenvalue weighted by Gasteiger charge is -2.31. The van der Waals surface area contributed by atoms with Crippen LogP contribution in [0.5, 0.6) is 0 Å². The molecular formula is C60H39NS. The third-order valence-electron chi connectivity index (χ3n) is 13.6. The zero-order chi connectivity index (χ0) is 40.8. The standard InChI is InChI=1S/C60H39NS/c1-2-19-46-39(14-1)15-12-24-47(46)40-30-33-44(34-31-40)61(45-18-11-16-41(36-45)42-32-35-58-52(37-42)50-22-6-10-29-57(50)62-58)38-43-17-13-28-56-59(43)51-23-5-9-27-55(51)60(56)53-25-7-3-20-48(53)49-21-4-8-26-54(49)60/h1-37H,38H2. The molecule has 62 heavy (non-hydrogen) atoms. The smallest absolute Gasteiger partial charge is 0.0725 e. The molecule has 0 N–H and O–H groups in total. The Kier molecular flexibility index (Phi) is 7.82. The fourth-order valence-corrected chi connectivity index (χ4v) is 12.0. The van der Waals surface area contributed by atoms with Crippen LogP contribution in [0.15, 0.2) is 224 Å². The molecule has 2 aliphatic carbocycles. The predicted molar refractivity (Wildman–Crippen MR) is 263 cm³/mol. The van der Waals surface area contributed by atoms with Gasteiger partial charge in [-0.25, -0.2) is 0 Å². The summed E-state index contributed by atoms with van der Waals surface area (Å²) in [5.74, 6) is 0. The van der Waals surface area contributed by atoms with E-state index in [1.165, 1.54) is 103 Å². The SMILES string of the molecule is c1cc(-c2ccc3sc4ccccc4c3c2)cc(N(Cc2cccc3c2-c2ccccc2C32c3ccccc3-c3ccccc32)c2ccc(-c3cccc4ccccc34)cc2)c1. The average Bonchev–Trinajstić information content (AvgIpc) is 3.97. The molecule has 1 nitrogen and oxygen atoms in total. The van der Waals surface area contributed by atoms with Gasteiger partial charge >= 0.3 is 0 Å². The minimum Gasteiger partial charge on any atom is -0.337 e. The Morgan fingerprint density at radius 1 is 0.355 bits per heavy atom. The minimum absolute atomic E-state index is 0.384. The van der Waals surface area contributed by atoms with Crippen LogP contribution < -0.4 is 4.90 Å². The molecule has 1 aromatic heterocycles. The molecule has 290 valence electrons. The highest BCUT2D eigenvalue weighted by molar-refractivity contribution is 7.25. The molecule has 0 aliphatic heterocycles. The highest BCUT2D eigenvalue weighted by atomic mass is 32.1. The minimum atomic E-state index is -0.384. The van der Waals surface area contributed by atoms with E-state index in [4.69, 9.17) is 0 Å². The van der Waals surface area contributed by atoms with E-state index in [2.05, 4.69) is 229 Å². The normalized spacial score (nSPS) is 13.0. The van der Waals surface area contributed by atoms with Crippen molar-refractivity contribution >= 4 is 53.7 Å². The van der Waals surface area contributed by atoms with E-state index in [0.717, 1.165) is 11.4 Å². The van der Waals surface area contributed by atoms with Gasteiger partial charge in [0.25, 0.3) is 0 Å². The number of thiophene rings is 1. The molecule has 10 aromatic carbocycles. The van der Waals surface area contributed by atoms with Gasteiger partial charge in [0.15, 0.2) is 0 Å². The van der Waals surface area contributed by atoms with E-state index in [0.29, 0.717) is 6.54 Å². The summed E-state index contributed by atoms with van der Waals surface area (Å²) in [5.41, 5.74) is 18.9. The van der Waals surface area contributed by atoms with Crippen molar-refractivity contribution in [1.82, 2.24) is 0 Å². The Morgan fingerprint density at radius 3 is 1.73 bits per heavy atom. The summed E-state index contributed by atoms with van der Waals surface area (Å²) in [5, 5.41) is 5.16. The second-order valence-electron chi connectivity index (χ2n) is 16.7. The maximum atomic E-state index is 2.52. The quantitative estimate of drug-likeness (QED) is 0.162. The summed E-state index contributed by atoms with van der Waals surface area (Å²) in [6.45, 7) is 0.697. The first-order chi connectivity index (χ1) is 30.7. The van der Waals surface area contributed by atoms with Gasteiger partial charge in [-0.2, -0.15) is 0 Å². The maximum Gasteiger partial charge on any atom is 0.0725 e. The Morgan fingerprint density at radius 2 is 0.919 bits per heavy atom. The second kappa shape index (κ2) is 13.8. The Labute approximate surface area is 365 Å². The molecular weight excluding hydrogens is 767 g/mol. The second-order valence-corrected chi connectivity index (χ2v) is 17.8. The Balaban J connectivity index is 0.983. The summed E-state index contributed by atoms with van der Waals surface area (Å²) in [4.78, 5) is 2.52. The summed E-state index contributed by atoms with van der Waals surface area (Å²) in [6, 6.07) is 83.8. The molecule has 0 radical (unpaired) electrons. The number of anilines is 2. The number of hydrogen-bond donors (Lipinski definition) is 0. The lowest BCUT2D eigenvalue weighted by molar-refractivity contribution is 0.792. The predicted octanol–water partition coefficient (Wildman–Crippen LogP) is 16.2. The highest BCUT2D eigenvalue weighted by Gasteiger charge is 2.51. The summed E-state index contributed by atoms with van der Waals surface area (Å²) in [6.07, 6.45) is 0. The third kappa shape index (κ3) is 5.14. The number of fused-ring (bicyclic) bond motifs is 14. The molecule has 0 unspecified atom stereocenters. The van der Waals surface area contributed by atoms with Crippen molar-refractivity contribution in [1.29, 1.82) is 0 Å². The molecule has 0 atom stereocenters. The van der Waals surface area contributed by atoms with Crippen LogP contribution in [0.2, 0.25) is 0 Å². The fourth-order valence-electron chi connectivity index (χ4n) is 10.9. The summed E-state index contributed by atoms with van der Waals surface area (Å²) < 4.78 is 2.65. The van der Waals surface area contributed by atoms with E-state index in [1.54, 1.807) is 0 Å². The zero-order valence-electron chi connectivity index (χ0n) is 33.9. The van der Waals surface area contributed by atoms with Crippen molar-refractivity contribution in [2.45, 2.75) is 12.0 Å². The van der Waals surface area contributed by atoms with Crippen molar-refractivity contribution in [2.24, 2.45) is 0 Å². The van der Waals surface area contributed by atoms with Crippen molar-refractivity contribution in [2.75, 3.05) is 4.90 Å². The molecule has 0 fully saturated rings. The van der Waals surface area contributed by atoms with Gasteiger partial charge in [-0.1, -0.05) is 182 Å². The van der Waals surface area contributed by atoms with Gasteiger partial charge in [0.2, 0.25) is 0 Å². The van der Waals surface area contributed by atoms with Gasteiger partial charge in [-0.3, -0.25) is 0 Å². The van der Waals surface area contributed by atoms with Gasteiger partial charge in [0.05, 0.1) is 5.41 Å². The summed E-state index contributed by atoms with van der Waals surface area (Å²) in [7, 11) is 0. The van der Waals surface area contributed by atoms with E-state index in [-0.39, 0.29) is 5.41 Å². The number of rotatable bonds is 6. The van der Waals surface area contributed by atoms with Crippen LogP contribution in [0.1, 0.15) is 27.8 Å². The first-order valence-corrected chi connectivity index (χ1v) is 22.3. The molecule has 1 heterocycles. The maximum absolute atomic E-state index is 2.52. The number of nitrogens with zero attached hydrogens (tertiary/aromatic N) is 1. The highest BCUT2D eigenvalue weighted by Crippen LogP contribution is 2.63. The molecule has 13 rings (SSSR count). The van der Waals surface area contributed by atoms with Crippen LogP contribution in [0, 0.1) is 0 Å². The van der Waals surface area contributed by atoms with Crippen LogP contribution in [0.4, 0.5) is 11.4 Å². The Hall–Kier alpha value is -7.52. The Bertz CT molecular complexity index is 3520. The van der Waals surface area contributed by atoms with Gasteiger partial charge in [-0.05, 0) is 126 Å². The van der Waals surface area contributed by atoms with Crippen molar-refractivity contribution in [3.8, 4) is 44.5 Å². The van der Waals surface area contributed by atoms with E-state index < -0.39 is 0 Å². The monoisotopic (exact) mass is 805 g/mol. The molecule has 11 aromatic rings. The summed E-state index contributed by atoms with van der Waals surface area (Å²) >= 11 is 1.87. The third-order valence-corrected chi connectivity index (χ3v) is 14.7.